The lowest BCUT2D eigenvalue weighted by molar-refractivity contribution is 0.181. The highest BCUT2D eigenvalue weighted by Gasteiger charge is 2.15. The average Bonchev–Trinajstić information content (AvgIpc) is 1.89. The Hall–Kier alpha value is 0.220. The molecule has 1 saturated heterocycles. The molecule has 0 aromatic rings. The summed E-state index contributed by atoms with van der Waals surface area (Å²) in [5.41, 5.74) is 0. The predicted molar refractivity (Wildman–Crippen MR) is 45.7 cm³/mol. The summed E-state index contributed by atoms with van der Waals surface area (Å²) in [5.74, 6) is 2.17. The van der Waals surface area contributed by atoms with E-state index < -0.39 is 7.34 Å². The molecule has 1 fully saturated rings. The van der Waals surface area contributed by atoms with Gasteiger partial charge in [0.25, 0.3) is 0 Å². The SMILES string of the molecule is CCC=P1(C)OCCCO1. The van der Waals surface area contributed by atoms with E-state index in [0.29, 0.717) is 0 Å². The lowest BCUT2D eigenvalue weighted by Gasteiger charge is -2.26. The molecule has 0 spiro atoms. The van der Waals surface area contributed by atoms with E-state index in [0.717, 1.165) is 26.1 Å². The van der Waals surface area contributed by atoms with Crippen LogP contribution in [0.2, 0.25) is 0 Å². The van der Waals surface area contributed by atoms with Crippen LogP contribution in [0.25, 0.3) is 0 Å². The third-order valence-corrected chi connectivity index (χ3v) is 3.92. The van der Waals surface area contributed by atoms with E-state index in [1.165, 1.54) is 0 Å². The molecule has 1 heterocycles. The Morgan fingerprint density at radius 2 is 2.00 bits per heavy atom. The lowest BCUT2D eigenvalue weighted by atomic mass is 10.5. The fourth-order valence-corrected chi connectivity index (χ4v) is 2.96. The summed E-state index contributed by atoms with van der Waals surface area (Å²) in [4.78, 5) is 0. The molecule has 0 aliphatic carbocycles. The first kappa shape index (κ1) is 8.32. The Balaban J connectivity index is 2.56. The van der Waals surface area contributed by atoms with E-state index >= 15 is 0 Å². The van der Waals surface area contributed by atoms with Crippen LogP contribution in [0.3, 0.4) is 0 Å². The Kier molecular flexibility index (Phi) is 2.96. The molecule has 1 rings (SSSR count). The second-order valence-electron chi connectivity index (χ2n) is 2.52. The van der Waals surface area contributed by atoms with Gasteiger partial charge in [0.15, 0.2) is 0 Å². The van der Waals surface area contributed by atoms with Crippen molar-refractivity contribution in [2.24, 2.45) is 0 Å². The summed E-state index contributed by atoms with van der Waals surface area (Å²) < 4.78 is 11.1. The highest BCUT2D eigenvalue weighted by atomic mass is 31.2. The van der Waals surface area contributed by atoms with Crippen LogP contribution in [0.5, 0.6) is 0 Å². The Bertz CT molecular complexity index is 144. The smallest absolute Gasteiger partial charge is 0.117 e. The molecule has 3 heteroatoms. The summed E-state index contributed by atoms with van der Waals surface area (Å²) in [5, 5.41) is 0. The quantitative estimate of drug-likeness (QED) is 0.550. The summed E-state index contributed by atoms with van der Waals surface area (Å²) in [6.07, 6.45) is 2.09. The van der Waals surface area contributed by atoms with Gasteiger partial charge in [-0.15, -0.1) is 0 Å². The molecule has 0 radical (unpaired) electrons. The highest BCUT2D eigenvalue weighted by Crippen LogP contribution is 2.47. The molecule has 0 atom stereocenters. The maximum atomic E-state index is 5.54. The highest BCUT2D eigenvalue weighted by molar-refractivity contribution is 7.65. The first-order valence-corrected chi connectivity index (χ1v) is 5.90. The summed E-state index contributed by atoms with van der Waals surface area (Å²) >= 11 is 0. The molecule has 60 valence electrons. The fourth-order valence-electron chi connectivity index (χ4n) is 1.02. The van der Waals surface area contributed by atoms with Crippen molar-refractivity contribution >= 4 is 13.1 Å². The van der Waals surface area contributed by atoms with Crippen LogP contribution >= 0.6 is 7.34 Å². The van der Waals surface area contributed by atoms with Crippen molar-refractivity contribution in [3.8, 4) is 0 Å². The molecule has 1 aliphatic rings. The Morgan fingerprint density at radius 3 is 2.50 bits per heavy atom. The molecule has 1 aliphatic heterocycles. The number of rotatable bonds is 1. The first-order valence-electron chi connectivity index (χ1n) is 3.76. The summed E-state index contributed by atoms with van der Waals surface area (Å²) in [6, 6.07) is 0. The largest absolute Gasteiger partial charge is 0.337 e. The van der Waals surface area contributed by atoms with E-state index in [9.17, 15) is 0 Å². The van der Waals surface area contributed by atoms with Crippen molar-refractivity contribution in [2.45, 2.75) is 19.8 Å². The van der Waals surface area contributed by atoms with E-state index in [4.69, 9.17) is 9.05 Å². The summed E-state index contributed by atoms with van der Waals surface area (Å²) in [7, 11) is -1.49. The monoisotopic (exact) mass is 162 g/mol. The van der Waals surface area contributed by atoms with Gasteiger partial charge < -0.3 is 9.05 Å². The van der Waals surface area contributed by atoms with Crippen molar-refractivity contribution < 1.29 is 9.05 Å². The minimum Gasteiger partial charge on any atom is -0.337 e. The third-order valence-electron chi connectivity index (χ3n) is 1.50. The van der Waals surface area contributed by atoms with Crippen LogP contribution in [0, 0.1) is 0 Å². The molecule has 0 N–H and O–H groups in total. The van der Waals surface area contributed by atoms with Crippen LogP contribution in [0.4, 0.5) is 0 Å². The number of hydrogen-bond acceptors (Lipinski definition) is 2. The topological polar surface area (TPSA) is 18.5 Å². The predicted octanol–water partition coefficient (Wildman–Crippen LogP) is 2.11. The van der Waals surface area contributed by atoms with Crippen molar-refractivity contribution in [3.63, 3.8) is 0 Å². The van der Waals surface area contributed by atoms with Gasteiger partial charge in [-0.05, 0) is 18.6 Å². The maximum absolute atomic E-state index is 5.54. The number of hydrogen-bond donors (Lipinski definition) is 0. The molecular weight excluding hydrogens is 147 g/mol. The van der Waals surface area contributed by atoms with Gasteiger partial charge in [0.2, 0.25) is 0 Å². The maximum Gasteiger partial charge on any atom is 0.117 e. The van der Waals surface area contributed by atoms with Gasteiger partial charge in [-0.3, -0.25) is 0 Å². The van der Waals surface area contributed by atoms with Gasteiger partial charge in [0.05, 0.1) is 13.2 Å². The molecule has 0 bridgehead atoms. The molecule has 10 heavy (non-hydrogen) atoms. The standard InChI is InChI=1S/C7H15O2P/c1-3-7-10(2)8-5-4-6-9-10/h7H,3-6H2,1-2H3. The first-order chi connectivity index (χ1) is 4.77. The summed E-state index contributed by atoms with van der Waals surface area (Å²) in [6.45, 7) is 5.95. The van der Waals surface area contributed by atoms with Gasteiger partial charge in [-0.2, -0.15) is 0 Å². The fraction of sp³-hybridized carbons (Fsp3) is 0.857. The van der Waals surface area contributed by atoms with Crippen LogP contribution in [0.1, 0.15) is 19.8 Å². The molecule has 2 nitrogen and oxygen atoms in total. The van der Waals surface area contributed by atoms with Crippen LogP contribution in [-0.2, 0) is 9.05 Å². The van der Waals surface area contributed by atoms with E-state index in [-0.39, 0.29) is 0 Å². The zero-order valence-electron chi connectivity index (χ0n) is 6.67. The molecule has 0 saturated carbocycles. The molecule has 0 unspecified atom stereocenters. The van der Waals surface area contributed by atoms with Crippen molar-refractivity contribution in [2.75, 3.05) is 19.9 Å². The van der Waals surface area contributed by atoms with Gasteiger partial charge >= 0.3 is 0 Å². The van der Waals surface area contributed by atoms with Crippen molar-refractivity contribution in [1.29, 1.82) is 0 Å². The lowest BCUT2D eigenvalue weighted by Crippen LogP contribution is -2.08. The minimum absolute atomic E-state index is 0.876. The second kappa shape index (κ2) is 3.56. The van der Waals surface area contributed by atoms with E-state index in [1.807, 2.05) is 0 Å². The Morgan fingerprint density at radius 1 is 1.40 bits per heavy atom. The molecule has 0 amide bonds. The minimum atomic E-state index is -1.49. The zero-order chi connectivity index (χ0) is 7.45. The van der Waals surface area contributed by atoms with Gasteiger partial charge in [-0.1, -0.05) is 6.92 Å². The second-order valence-corrected chi connectivity index (χ2v) is 5.22. The zero-order valence-corrected chi connectivity index (χ0v) is 7.56. The normalized spacial score (nSPS) is 24.2. The molecule has 0 aromatic carbocycles. The van der Waals surface area contributed by atoms with E-state index in [2.05, 4.69) is 19.4 Å². The van der Waals surface area contributed by atoms with Crippen LogP contribution in [-0.4, -0.2) is 25.7 Å². The molecular formula is C7H15O2P. The van der Waals surface area contributed by atoms with Crippen molar-refractivity contribution in [1.82, 2.24) is 0 Å². The van der Waals surface area contributed by atoms with E-state index in [1.54, 1.807) is 0 Å². The van der Waals surface area contributed by atoms with Gasteiger partial charge in [0, 0.05) is 6.66 Å². The van der Waals surface area contributed by atoms with Gasteiger partial charge in [0.1, 0.15) is 7.34 Å². The third kappa shape index (κ3) is 2.12. The average molecular weight is 162 g/mol. The van der Waals surface area contributed by atoms with Crippen LogP contribution < -0.4 is 0 Å². The van der Waals surface area contributed by atoms with Gasteiger partial charge in [-0.25, -0.2) is 0 Å². The van der Waals surface area contributed by atoms with Crippen LogP contribution in [0.15, 0.2) is 0 Å². The van der Waals surface area contributed by atoms with Crippen molar-refractivity contribution in [3.05, 3.63) is 0 Å². The molecule has 0 aromatic heterocycles. The Labute approximate surface area is 62.7 Å².